The van der Waals surface area contributed by atoms with Crippen LogP contribution in [-0.2, 0) is 14.4 Å². The second kappa shape index (κ2) is 51.7. The minimum absolute atomic E-state index is 0.0700. The number of carbonyl (C=O) groups is 3. The molecule has 0 rings (SSSR count). The molecule has 0 heterocycles. The lowest BCUT2D eigenvalue weighted by Gasteiger charge is -2.11. The van der Waals surface area contributed by atoms with E-state index in [-0.39, 0.29) is 16.8 Å². The summed E-state index contributed by atoms with van der Waals surface area (Å²) in [5, 5.41) is 0.151. The highest BCUT2D eigenvalue weighted by Crippen LogP contribution is 2.19. The molecule has 0 bridgehead atoms. The fourth-order valence-electron chi connectivity index (χ4n) is 4.35. The Labute approximate surface area is 284 Å². The van der Waals surface area contributed by atoms with Gasteiger partial charge in [0.2, 0.25) is 0 Å². The van der Waals surface area contributed by atoms with E-state index in [1.165, 1.54) is 88.8 Å². The van der Waals surface area contributed by atoms with Crippen LogP contribution in [0, 0.1) is 11.8 Å². The third-order valence-electron chi connectivity index (χ3n) is 6.40. The normalized spacial score (nSPS) is 10.7. The molecule has 0 spiro atoms. The van der Waals surface area contributed by atoms with Crippen LogP contribution in [-0.4, -0.2) is 22.4 Å². The number of ketones is 2. The lowest BCUT2D eigenvalue weighted by atomic mass is 9.98. The zero-order valence-corrected chi connectivity index (χ0v) is 33.7. The van der Waals surface area contributed by atoms with Gasteiger partial charge in [0.1, 0.15) is 11.6 Å². The van der Waals surface area contributed by atoms with Crippen molar-refractivity contribution < 1.29 is 14.4 Å². The molecule has 44 heavy (non-hydrogen) atoms. The van der Waals surface area contributed by atoms with Crippen molar-refractivity contribution in [3.8, 4) is 0 Å². The van der Waals surface area contributed by atoms with Crippen molar-refractivity contribution in [2.24, 2.45) is 11.8 Å². The predicted molar refractivity (Wildman–Crippen MR) is 206 cm³/mol. The van der Waals surface area contributed by atoms with Gasteiger partial charge < -0.3 is 4.79 Å². The lowest BCUT2D eigenvalue weighted by Crippen LogP contribution is -2.13. The summed E-state index contributed by atoms with van der Waals surface area (Å²) in [5.41, 5.74) is 1.11. The van der Waals surface area contributed by atoms with E-state index in [1.807, 2.05) is 69.2 Å². The highest BCUT2D eigenvalue weighted by atomic mass is 32.2. The van der Waals surface area contributed by atoms with Crippen molar-refractivity contribution in [3.05, 3.63) is 12.2 Å². The molecule has 2 atom stereocenters. The first-order chi connectivity index (χ1) is 21.1. The summed E-state index contributed by atoms with van der Waals surface area (Å²) in [4.78, 5) is 34.2. The summed E-state index contributed by atoms with van der Waals surface area (Å²) in [6.45, 7) is 31.9. The molecule has 0 saturated heterocycles. The molecule has 3 nitrogen and oxygen atoms in total. The molecule has 0 radical (unpaired) electrons. The second-order valence-corrected chi connectivity index (χ2v) is 12.0. The Kier molecular flexibility index (Phi) is 65.2. The third-order valence-corrected chi connectivity index (χ3v) is 7.56. The second-order valence-electron chi connectivity index (χ2n) is 11.0. The third kappa shape index (κ3) is 56.8. The monoisotopic (exact) mass is 645 g/mol. The maximum Gasteiger partial charge on any atom is 0.192 e. The highest BCUT2D eigenvalue weighted by molar-refractivity contribution is 8.14. The van der Waals surface area contributed by atoms with E-state index in [2.05, 4.69) is 27.4 Å². The maximum absolute atomic E-state index is 11.7. The summed E-state index contributed by atoms with van der Waals surface area (Å²) in [7, 11) is 0. The van der Waals surface area contributed by atoms with Gasteiger partial charge in [0.25, 0.3) is 0 Å². The number of thioether (sulfide) groups is 1. The Morgan fingerprint density at radius 3 is 1.32 bits per heavy atom. The molecule has 1 unspecified atom stereocenters. The van der Waals surface area contributed by atoms with Gasteiger partial charge in [-0.05, 0) is 39.0 Å². The fraction of sp³-hybridized carbons (Fsp3) is 0.875. The average Bonchev–Trinajstić information content (AvgIpc) is 3.02. The molecular weight excluding hydrogens is 561 g/mol. The van der Waals surface area contributed by atoms with E-state index >= 15 is 0 Å². The van der Waals surface area contributed by atoms with Gasteiger partial charge >= 0.3 is 0 Å². The van der Waals surface area contributed by atoms with Crippen LogP contribution in [0.1, 0.15) is 213 Å². The summed E-state index contributed by atoms with van der Waals surface area (Å²) in [6, 6.07) is 0. The van der Waals surface area contributed by atoms with Crippen molar-refractivity contribution in [2.75, 3.05) is 5.75 Å². The standard InChI is InChI=1S/C17H34O.C15H26O2S.4C2H6/c1-3-4-5-6-7-8-9-10-11-12-13-14-15-16-17(2)18;1-6-7-13(5)15(17)18-10-14(16)9-12(4)8-11(2)3;4*1-2/h3-16H2,1-2H3;12-13H,2,6-10H2,1,3-5H3;4*1-2H3/t;12-,13?;;;;/m.1..../s1. The lowest BCUT2D eigenvalue weighted by molar-refractivity contribution is -0.118. The van der Waals surface area contributed by atoms with Gasteiger partial charge in [0, 0.05) is 18.8 Å². The number of Topliss-reactive ketones (excluding diaryl/α,β-unsaturated/α-hetero) is 2. The summed E-state index contributed by atoms with van der Waals surface area (Å²) in [6.07, 6.45) is 22.0. The minimum atomic E-state index is 0.0700. The summed E-state index contributed by atoms with van der Waals surface area (Å²) in [5.74, 6) is 1.25. The van der Waals surface area contributed by atoms with Gasteiger partial charge in [-0.2, -0.15) is 0 Å². The van der Waals surface area contributed by atoms with E-state index in [0.717, 1.165) is 37.7 Å². The molecule has 0 aliphatic rings. The van der Waals surface area contributed by atoms with Gasteiger partial charge in [-0.25, -0.2) is 0 Å². The Morgan fingerprint density at radius 1 is 0.591 bits per heavy atom. The Balaban J connectivity index is -0.000000133. The van der Waals surface area contributed by atoms with Gasteiger partial charge in [-0.1, -0.05) is 184 Å². The van der Waals surface area contributed by atoms with Gasteiger partial charge in [0.15, 0.2) is 5.12 Å². The molecule has 0 aromatic rings. The van der Waals surface area contributed by atoms with Crippen molar-refractivity contribution in [3.63, 3.8) is 0 Å². The molecule has 268 valence electrons. The van der Waals surface area contributed by atoms with Crippen LogP contribution in [0.3, 0.4) is 0 Å². The summed E-state index contributed by atoms with van der Waals surface area (Å²) >= 11 is 1.18. The number of hydrogen-bond acceptors (Lipinski definition) is 4. The Hall–Kier alpha value is -0.900. The van der Waals surface area contributed by atoms with Gasteiger partial charge in [-0.15, -0.1) is 6.58 Å². The molecule has 0 amide bonds. The van der Waals surface area contributed by atoms with Crippen molar-refractivity contribution in [1.82, 2.24) is 0 Å². The SMILES string of the molecule is C=C(C)C[C@@H](C)CC(=O)CSC(=O)C(C)CCC.CC.CC.CC.CC.CCCCCCCCCCCCCCCC(C)=O. The molecule has 0 aliphatic heterocycles. The van der Waals surface area contributed by atoms with Crippen molar-refractivity contribution in [1.29, 1.82) is 0 Å². The number of unbranched alkanes of at least 4 members (excludes halogenated alkanes) is 12. The Morgan fingerprint density at radius 2 is 0.977 bits per heavy atom. The van der Waals surface area contributed by atoms with Crippen LogP contribution in [0.15, 0.2) is 12.2 Å². The fourth-order valence-corrected chi connectivity index (χ4v) is 5.17. The molecule has 0 aromatic carbocycles. The van der Waals surface area contributed by atoms with Crippen molar-refractivity contribution in [2.45, 2.75) is 213 Å². The molecule has 0 saturated carbocycles. The topological polar surface area (TPSA) is 51.2 Å². The van der Waals surface area contributed by atoms with E-state index in [9.17, 15) is 14.4 Å². The highest BCUT2D eigenvalue weighted by Gasteiger charge is 2.16. The zero-order chi connectivity index (χ0) is 35.6. The first-order valence-electron chi connectivity index (χ1n) is 19.0. The van der Waals surface area contributed by atoms with Gasteiger partial charge in [0.05, 0.1) is 5.75 Å². The molecule has 0 fully saturated rings. The first-order valence-corrected chi connectivity index (χ1v) is 19.9. The largest absolute Gasteiger partial charge is 0.300 e. The van der Waals surface area contributed by atoms with Crippen LogP contribution in [0.25, 0.3) is 0 Å². The van der Waals surface area contributed by atoms with Crippen molar-refractivity contribution >= 4 is 28.4 Å². The molecular formula is C40H84O3S. The smallest absolute Gasteiger partial charge is 0.192 e. The maximum atomic E-state index is 11.7. The Bertz CT molecular complexity index is 571. The van der Waals surface area contributed by atoms with Crippen LogP contribution in [0.4, 0.5) is 0 Å². The predicted octanol–water partition coefficient (Wildman–Crippen LogP) is 14.4. The number of carbonyl (C=O) groups excluding carboxylic acids is 3. The van der Waals surface area contributed by atoms with Crippen LogP contribution in [0.5, 0.6) is 0 Å². The zero-order valence-electron chi connectivity index (χ0n) is 32.9. The van der Waals surface area contributed by atoms with E-state index < -0.39 is 0 Å². The van der Waals surface area contributed by atoms with Crippen LogP contribution >= 0.6 is 11.8 Å². The number of allylic oxidation sites excluding steroid dienone is 1. The first kappa shape index (κ1) is 55.5. The average molecular weight is 645 g/mol. The minimum Gasteiger partial charge on any atom is -0.300 e. The number of hydrogen-bond donors (Lipinski definition) is 0. The van der Waals surface area contributed by atoms with E-state index in [1.54, 1.807) is 6.92 Å². The molecule has 0 aliphatic carbocycles. The summed E-state index contributed by atoms with van der Waals surface area (Å²) < 4.78 is 0. The molecule has 0 N–H and O–H groups in total. The molecule has 4 heteroatoms. The van der Waals surface area contributed by atoms with Crippen LogP contribution in [0.2, 0.25) is 0 Å². The van der Waals surface area contributed by atoms with Crippen LogP contribution < -0.4 is 0 Å². The van der Waals surface area contributed by atoms with E-state index in [0.29, 0.717) is 23.9 Å². The molecule has 0 aromatic heterocycles. The quantitative estimate of drug-likeness (QED) is 0.0820. The number of rotatable bonds is 23. The van der Waals surface area contributed by atoms with E-state index in [4.69, 9.17) is 0 Å². The van der Waals surface area contributed by atoms with Gasteiger partial charge in [-0.3, -0.25) is 9.59 Å².